The number of carbonyl (C=O) groups excluding carboxylic acids is 1. The third-order valence-corrected chi connectivity index (χ3v) is 5.45. The van der Waals surface area contributed by atoms with Gasteiger partial charge in [0.15, 0.2) is 0 Å². The van der Waals surface area contributed by atoms with Crippen molar-refractivity contribution in [1.29, 1.82) is 0 Å². The van der Waals surface area contributed by atoms with E-state index in [0.717, 1.165) is 25.1 Å². The molecule has 2 aliphatic rings. The summed E-state index contributed by atoms with van der Waals surface area (Å²) in [5, 5.41) is 6.25. The molecular formula is C19H25F3N2O. The van der Waals surface area contributed by atoms with E-state index in [1.54, 1.807) is 12.1 Å². The summed E-state index contributed by atoms with van der Waals surface area (Å²) in [7, 11) is 0. The van der Waals surface area contributed by atoms with Gasteiger partial charge in [-0.2, -0.15) is 0 Å². The highest BCUT2D eigenvalue weighted by Crippen LogP contribution is 2.40. The molecule has 1 aromatic carbocycles. The van der Waals surface area contributed by atoms with Gasteiger partial charge in [-0.1, -0.05) is 12.1 Å². The second kappa shape index (κ2) is 7.77. The summed E-state index contributed by atoms with van der Waals surface area (Å²) >= 11 is 0. The average Bonchev–Trinajstić information content (AvgIpc) is 2.92. The van der Waals surface area contributed by atoms with Crippen molar-refractivity contribution in [2.75, 3.05) is 19.6 Å². The third-order valence-electron chi connectivity index (χ3n) is 5.45. The van der Waals surface area contributed by atoms with Crippen LogP contribution in [-0.4, -0.2) is 31.5 Å². The fraction of sp³-hybridized carbons (Fsp3) is 0.632. The molecule has 0 bridgehead atoms. The number of piperidine rings is 1. The minimum Gasteiger partial charge on any atom is -0.356 e. The van der Waals surface area contributed by atoms with Crippen molar-refractivity contribution >= 4 is 5.91 Å². The van der Waals surface area contributed by atoms with E-state index < -0.39 is 5.92 Å². The molecule has 6 heteroatoms. The van der Waals surface area contributed by atoms with Crippen LogP contribution in [0.3, 0.4) is 0 Å². The molecule has 1 aliphatic heterocycles. The summed E-state index contributed by atoms with van der Waals surface area (Å²) in [6, 6.07) is 6.54. The summed E-state index contributed by atoms with van der Waals surface area (Å²) in [5.74, 6) is -2.74. The average molecular weight is 354 g/mol. The lowest BCUT2D eigenvalue weighted by molar-refractivity contribution is -0.122. The van der Waals surface area contributed by atoms with Crippen molar-refractivity contribution in [1.82, 2.24) is 10.6 Å². The van der Waals surface area contributed by atoms with Gasteiger partial charge < -0.3 is 10.6 Å². The molecule has 2 fully saturated rings. The van der Waals surface area contributed by atoms with E-state index in [0.29, 0.717) is 13.0 Å². The molecule has 2 N–H and O–H groups in total. The van der Waals surface area contributed by atoms with E-state index >= 15 is 0 Å². The number of hydrogen-bond acceptors (Lipinski definition) is 2. The summed E-state index contributed by atoms with van der Waals surface area (Å²) in [6.07, 6.45) is 1.25. The van der Waals surface area contributed by atoms with Crippen LogP contribution in [0.1, 0.15) is 43.6 Å². The zero-order chi connectivity index (χ0) is 17.9. The van der Waals surface area contributed by atoms with E-state index in [2.05, 4.69) is 10.6 Å². The molecule has 1 amide bonds. The van der Waals surface area contributed by atoms with Crippen molar-refractivity contribution in [3.05, 3.63) is 35.6 Å². The SMILES string of the molecule is O=C(CC1CCC(F)(F)C1)NC[C@H]1CNCC[C@H]1c1ccc(F)cc1. The molecular weight excluding hydrogens is 329 g/mol. The molecule has 138 valence electrons. The van der Waals surface area contributed by atoms with Crippen LogP contribution in [0, 0.1) is 17.7 Å². The molecule has 1 unspecified atom stereocenters. The second-order valence-electron chi connectivity index (χ2n) is 7.38. The Labute approximate surface area is 146 Å². The van der Waals surface area contributed by atoms with Crippen molar-refractivity contribution in [2.24, 2.45) is 11.8 Å². The first-order valence-corrected chi connectivity index (χ1v) is 9.04. The zero-order valence-electron chi connectivity index (χ0n) is 14.2. The van der Waals surface area contributed by atoms with Crippen LogP contribution in [0.2, 0.25) is 0 Å². The van der Waals surface area contributed by atoms with Gasteiger partial charge in [0.25, 0.3) is 0 Å². The molecule has 0 spiro atoms. The molecule has 1 saturated carbocycles. The summed E-state index contributed by atoms with van der Waals surface area (Å²) in [5.41, 5.74) is 1.08. The quantitative estimate of drug-likeness (QED) is 0.850. The van der Waals surface area contributed by atoms with Crippen LogP contribution in [0.4, 0.5) is 13.2 Å². The van der Waals surface area contributed by atoms with Gasteiger partial charge in [-0.25, -0.2) is 13.2 Å². The van der Waals surface area contributed by atoms with Gasteiger partial charge in [-0.15, -0.1) is 0 Å². The lowest BCUT2D eigenvalue weighted by Crippen LogP contribution is -2.42. The number of nitrogens with one attached hydrogen (secondary N) is 2. The van der Waals surface area contributed by atoms with Crippen molar-refractivity contribution < 1.29 is 18.0 Å². The topological polar surface area (TPSA) is 41.1 Å². The van der Waals surface area contributed by atoms with Gasteiger partial charge in [0.05, 0.1) is 0 Å². The van der Waals surface area contributed by atoms with Gasteiger partial charge in [-0.3, -0.25) is 4.79 Å². The Morgan fingerprint density at radius 2 is 2.00 bits per heavy atom. The number of benzene rings is 1. The minimum atomic E-state index is -2.61. The van der Waals surface area contributed by atoms with Crippen LogP contribution >= 0.6 is 0 Å². The number of hydrogen-bond donors (Lipinski definition) is 2. The summed E-state index contributed by atoms with van der Waals surface area (Å²) in [4.78, 5) is 12.1. The number of halogens is 3. The minimum absolute atomic E-state index is 0.107. The largest absolute Gasteiger partial charge is 0.356 e. The maximum atomic E-state index is 13.2. The van der Waals surface area contributed by atoms with Gasteiger partial charge in [0.1, 0.15) is 5.82 Å². The molecule has 25 heavy (non-hydrogen) atoms. The lowest BCUT2D eigenvalue weighted by atomic mass is 9.81. The van der Waals surface area contributed by atoms with Crippen molar-refractivity contribution in [3.8, 4) is 0 Å². The summed E-state index contributed by atoms with van der Waals surface area (Å²) in [6.45, 7) is 2.18. The van der Waals surface area contributed by atoms with E-state index in [1.165, 1.54) is 12.1 Å². The standard InChI is InChI=1S/C19H25F3N2O/c20-16-3-1-14(2-4-16)17-6-8-23-11-15(17)12-24-18(25)9-13-5-7-19(21,22)10-13/h1-4,13,15,17,23H,5-12H2,(H,24,25)/t13?,15-,17+/m1/s1. The Balaban J connectivity index is 1.51. The van der Waals surface area contributed by atoms with Crippen LogP contribution < -0.4 is 10.6 Å². The number of alkyl halides is 2. The molecule has 0 aromatic heterocycles. The molecule has 1 saturated heterocycles. The molecule has 3 rings (SSSR count). The Morgan fingerprint density at radius 3 is 2.68 bits per heavy atom. The maximum absolute atomic E-state index is 13.2. The molecule has 3 nitrogen and oxygen atoms in total. The molecule has 3 atom stereocenters. The Morgan fingerprint density at radius 1 is 1.24 bits per heavy atom. The van der Waals surface area contributed by atoms with Gasteiger partial charge >= 0.3 is 0 Å². The second-order valence-corrected chi connectivity index (χ2v) is 7.38. The highest BCUT2D eigenvalue weighted by Gasteiger charge is 2.40. The van der Waals surface area contributed by atoms with Crippen molar-refractivity contribution in [3.63, 3.8) is 0 Å². The first-order valence-electron chi connectivity index (χ1n) is 9.04. The van der Waals surface area contributed by atoms with Gasteiger partial charge in [0, 0.05) is 32.4 Å². The molecule has 0 radical (unpaired) electrons. The van der Waals surface area contributed by atoms with Crippen LogP contribution in [0.25, 0.3) is 0 Å². The van der Waals surface area contributed by atoms with Crippen LogP contribution in [-0.2, 0) is 4.79 Å². The first kappa shape index (κ1) is 18.2. The highest BCUT2D eigenvalue weighted by molar-refractivity contribution is 5.76. The number of carbonyl (C=O) groups is 1. The Hall–Kier alpha value is -1.56. The smallest absolute Gasteiger partial charge is 0.248 e. The number of rotatable bonds is 5. The van der Waals surface area contributed by atoms with E-state index in [9.17, 15) is 18.0 Å². The Kier molecular flexibility index (Phi) is 5.67. The predicted molar refractivity (Wildman–Crippen MR) is 90.0 cm³/mol. The zero-order valence-corrected chi connectivity index (χ0v) is 14.2. The van der Waals surface area contributed by atoms with Gasteiger partial charge in [-0.05, 0) is 54.8 Å². The fourth-order valence-corrected chi connectivity index (χ4v) is 4.08. The third kappa shape index (κ3) is 4.97. The summed E-state index contributed by atoms with van der Waals surface area (Å²) < 4.78 is 39.6. The van der Waals surface area contributed by atoms with E-state index in [1.807, 2.05) is 0 Å². The lowest BCUT2D eigenvalue weighted by Gasteiger charge is -2.33. The van der Waals surface area contributed by atoms with Crippen molar-refractivity contribution in [2.45, 2.75) is 43.9 Å². The highest BCUT2D eigenvalue weighted by atomic mass is 19.3. The molecule has 1 aliphatic carbocycles. The predicted octanol–water partition coefficient (Wildman–Crippen LogP) is 3.46. The van der Waals surface area contributed by atoms with E-state index in [-0.39, 0.29) is 48.7 Å². The fourth-order valence-electron chi connectivity index (χ4n) is 4.08. The van der Waals surface area contributed by atoms with E-state index in [4.69, 9.17) is 0 Å². The monoisotopic (exact) mass is 354 g/mol. The maximum Gasteiger partial charge on any atom is 0.248 e. The van der Waals surface area contributed by atoms with Crippen LogP contribution in [0.5, 0.6) is 0 Å². The molecule has 1 aromatic rings. The Bertz CT molecular complexity index is 591. The van der Waals surface area contributed by atoms with Gasteiger partial charge in [0.2, 0.25) is 11.8 Å². The number of amides is 1. The first-order chi connectivity index (χ1) is 11.9. The normalized spacial score (nSPS) is 28.7. The van der Waals surface area contributed by atoms with Crippen LogP contribution in [0.15, 0.2) is 24.3 Å². The molecule has 1 heterocycles.